The lowest BCUT2D eigenvalue weighted by Gasteiger charge is -2.05. The van der Waals surface area contributed by atoms with Crippen molar-refractivity contribution in [3.05, 3.63) is 54.0 Å². The maximum Gasteiger partial charge on any atom is 0.139 e. The van der Waals surface area contributed by atoms with Gasteiger partial charge >= 0.3 is 0 Å². The number of imidazole rings is 1. The minimum atomic E-state index is -0.261. The molecule has 0 aliphatic heterocycles. The zero-order chi connectivity index (χ0) is 14.1. The summed E-state index contributed by atoms with van der Waals surface area (Å²) in [5.41, 5.74) is 9.75. The number of rotatable bonds is 3. The molecule has 0 saturated heterocycles. The molecule has 0 bridgehead atoms. The Morgan fingerprint density at radius 1 is 1.15 bits per heavy atom. The average molecular weight is 269 g/mol. The van der Waals surface area contributed by atoms with E-state index in [1.54, 1.807) is 12.1 Å². The zero-order valence-corrected chi connectivity index (χ0v) is 11.3. The van der Waals surface area contributed by atoms with Gasteiger partial charge < -0.3 is 5.73 Å². The number of halogens is 1. The van der Waals surface area contributed by atoms with Crippen molar-refractivity contribution in [3.8, 4) is 11.3 Å². The number of aryl methyl sites for hydroxylation is 1. The number of anilines is 1. The Hall–Kier alpha value is -2.36. The van der Waals surface area contributed by atoms with E-state index >= 15 is 0 Å². The molecule has 0 aliphatic carbocycles. The second-order valence-electron chi connectivity index (χ2n) is 4.81. The first-order valence-electron chi connectivity index (χ1n) is 6.72. The van der Waals surface area contributed by atoms with Crippen LogP contribution in [0.2, 0.25) is 0 Å². The fourth-order valence-electron chi connectivity index (χ4n) is 2.46. The summed E-state index contributed by atoms with van der Waals surface area (Å²) in [7, 11) is 0. The first-order valence-corrected chi connectivity index (χ1v) is 6.72. The SMILES string of the molecule is CCCc1cccc2nc(-c3ccc(F)cc3)c(N)n12. The van der Waals surface area contributed by atoms with Gasteiger partial charge in [0.05, 0.1) is 0 Å². The minimum absolute atomic E-state index is 0.261. The van der Waals surface area contributed by atoms with E-state index in [0.29, 0.717) is 11.5 Å². The molecule has 4 heteroatoms. The van der Waals surface area contributed by atoms with Crippen LogP contribution in [0, 0.1) is 5.82 Å². The Labute approximate surface area is 116 Å². The Morgan fingerprint density at radius 2 is 1.90 bits per heavy atom. The number of nitrogens with zero attached hydrogens (tertiary/aromatic N) is 2. The molecule has 0 fully saturated rings. The molecule has 0 spiro atoms. The van der Waals surface area contributed by atoms with Gasteiger partial charge in [-0.15, -0.1) is 0 Å². The summed E-state index contributed by atoms with van der Waals surface area (Å²) in [5, 5.41) is 0. The molecule has 0 amide bonds. The van der Waals surface area contributed by atoms with Crippen LogP contribution in [-0.4, -0.2) is 9.38 Å². The van der Waals surface area contributed by atoms with Gasteiger partial charge in [-0.25, -0.2) is 9.37 Å². The Bertz CT molecular complexity index is 744. The molecular weight excluding hydrogens is 253 g/mol. The third-order valence-corrected chi connectivity index (χ3v) is 3.38. The molecule has 2 aromatic heterocycles. The van der Waals surface area contributed by atoms with Crippen molar-refractivity contribution < 1.29 is 4.39 Å². The number of nitrogen functional groups attached to an aromatic ring is 1. The highest BCUT2D eigenvalue weighted by Crippen LogP contribution is 2.27. The number of benzene rings is 1. The van der Waals surface area contributed by atoms with E-state index in [9.17, 15) is 4.39 Å². The largest absolute Gasteiger partial charge is 0.383 e. The fourth-order valence-corrected chi connectivity index (χ4v) is 2.46. The number of pyridine rings is 1. The molecule has 0 atom stereocenters. The van der Waals surface area contributed by atoms with Crippen molar-refractivity contribution in [3.63, 3.8) is 0 Å². The van der Waals surface area contributed by atoms with Crippen LogP contribution in [0.1, 0.15) is 19.0 Å². The maximum absolute atomic E-state index is 13.0. The van der Waals surface area contributed by atoms with Gasteiger partial charge in [0.15, 0.2) is 0 Å². The smallest absolute Gasteiger partial charge is 0.139 e. The molecule has 0 radical (unpaired) electrons. The quantitative estimate of drug-likeness (QED) is 0.788. The monoisotopic (exact) mass is 269 g/mol. The lowest BCUT2D eigenvalue weighted by molar-refractivity contribution is 0.628. The summed E-state index contributed by atoms with van der Waals surface area (Å²) < 4.78 is 15.0. The Morgan fingerprint density at radius 3 is 2.60 bits per heavy atom. The third-order valence-electron chi connectivity index (χ3n) is 3.38. The topological polar surface area (TPSA) is 43.3 Å². The highest BCUT2D eigenvalue weighted by molar-refractivity contribution is 5.75. The first-order chi connectivity index (χ1) is 9.70. The third kappa shape index (κ3) is 2.03. The molecule has 2 N–H and O–H groups in total. The molecule has 3 aromatic rings. The highest BCUT2D eigenvalue weighted by atomic mass is 19.1. The Kier molecular flexibility index (Phi) is 3.14. The number of nitrogens with two attached hydrogens (primary N) is 1. The molecule has 0 aliphatic rings. The van der Waals surface area contributed by atoms with Crippen molar-refractivity contribution in [2.75, 3.05) is 5.73 Å². The van der Waals surface area contributed by atoms with E-state index in [-0.39, 0.29) is 5.82 Å². The van der Waals surface area contributed by atoms with Gasteiger partial charge in [-0.3, -0.25) is 4.40 Å². The van der Waals surface area contributed by atoms with Crippen LogP contribution in [0.5, 0.6) is 0 Å². The van der Waals surface area contributed by atoms with Gasteiger partial charge in [0.1, 0.15) is 23.0 Å². The maximum atomic E-state index is 13.0. The summed E-state index contributed by atoms with van der Waals surface area (Å²) in [4.78, 5) is 4.57. The molecule has 2 heterocycles. The Balaban J connectivity index is 2.20. The number of fused-ring (bicyclic) bond motifs is 1. The molecule has 3 rings (SSSR count). The van der Waals surface area contributed by atoms with Gasteiger partial charge in [0.2, 0.25) is 0 Å². The molecule has 0 unspecified atom stereocenters. The lowest BCUT2D eigenvalue weighted by atomic mass is 10.1. The van der Waals surface area contributed by atoms with Crippen molar-refractivity contribution in [1.29, 1.82) is 0 Å². The molecule has 102 valence electrons. The van der Waals surface area contributed by atoms with Gasteiger partial charge in [-0.05, 0) is 42.8 Å². The van der Waals surface area contributed by atoms with Gasteiger partial charge in [-0.1, -0.05) is 19.4 Å². The van der Waals surface area contributed by atoms with E-state index in [1.807, 2.05) is 16.5 Å². The summed E-state index contributed by atoms with van der Waals surface area (Å²) in [6.45, 7) is 2.13. The van der Waals surface area contributed by atoms with Gasteiger partial charge in [0.25, 0.3) is 0 Å². The van der Waals surface area contributed by atoms with Crippen molar-refractivity contribution >= 4 is 11.5 Å². The van der Waals surface area contributed by atoms with Gasteiger partial charge in [-0.2, -0.15) is 0 Å². The van der Waals surface area contributed by atoms with E-state index in [1.165, 1.54) is 12.1 Å². The predicted octanol–water partition coefficient (Wildman–Crippen LogP) is 3.68. The lowest BCUT2D eigenvalue weighted by Crippen LogP contribution is -2.00. The standard InChI is InChI=1S/C16H16FN3/c1-2-4-13-5-3-6-14-19-15(16(18)20(13)14)11-7-9-12(17)10-8-11/h3,5-10H,2,4,18H2,1H3. The second-order valence-corrected chi connectivity index (χ2v) is 4.81. The predicted molar refractivity (Wildman–Crippen MR) is 79.0 cm³/mol. The molecule has 3 nitrogen and oxygen atoms in total. The summed E-state index contributed by atoms with van der Waals surface area (Å²) in [6.07, 6.45) is 1.99. The van der Waals surface area contributed by atoms with Crippen molar-refractivity contribution in [2.45, 2.75) is 19.8 Å². The van der Waals surface area contributed by atoms with Crippen molar-refractivity contribution in [1.82, 2.24) is 9.38 Å². The molecular formula is C16H16FN3. The van der Waals surface area contributed by atoms with E-state index in [0.717, 1.165) is 29.7 Å². The second kappa shape index (κ2) is 4.96. The van der Waals surface area contributed by atoms with Crippen LogP contribution < -0.4 is 5.73 Å². The number of hydrogen-bond donors (Lipinski definition) is 1. The van der Waals surface area contributed by atoms with E-state index in [2.05, 4.69) is 18.0 Å². The van der Waals surface area contributed by atoms with Crippen LogP contribution >= 0.6 is 0 Å². The van der Waals surface area contributed by atoms with E-state index < -0.39 is 0 Å². The molecule has 20 heavy (non-hydrogen) atoms. The average Bonchev–Trinajstić information content (AvgIpc) is 2.79. The normalized spacial score (nSPS) is 11.1. The highest BCUT2D eigenvalue weighted by Gasteiger charge is 2.13. The summed E-state index contributed by atoms with van der Waals surface area (Å²) >= 11 is 0. The number of aromatic nitrogens is 2. The number of hydrogen-bond acceptors (Lipinski definition) is 2. The van der Waals surface area contributed by atoms with Crippen LogP contribution in [-0.2, 0) is 6.42 Å². The first kappa shape index (κ1) is 12.7. The van der Waals surface area contributed by atoms with Gasteiger partial charge in [0, 0.05) is 11.3 Å². The van der Waals surface area contributed by atoms with E-state index in [4.69, 9.17) is 5.73 Å². The van der Waals surface area contributed by atoms with Crippen LogP contribution in [0.15, 0.2) is 42.5 Å². The summed E-state index contributed by atoms with van der Waals surface area (Å²) in [6, 6.07) is 12.2. The molecule has 1 aromatic carbocycles. The van der Waals surface area contributed by atoms with Crippen molar-refractivity contribution in [2.24, 2.45) is 0 Å². The van der Waals surface area contributed by atoms with Crippen LogP contribution in [0.4, 0.5) is 10.2 Å². The fraction of sp³-hybridized carbons (Fsp3) is 0.188. The molecule has 0 saturated carbocycles. The zero-order valence-electron chi connectivity index (χ0n) is 11.3. The summed E-state index contributed by atoms with van der Waals surface area (Å²) in [5.74, 6) is 0.346. The minimum Gasteiger partial charge on any atom is -0.383 e. The van der Waals surface area contributed by atoms with Crippen LogP contribution in [0.25, 0.3) is 16.9 Å². The van der Waals surface area contributed by atoms with Crippen LogP contribution in [0.3, 0.4) is 0 Å².